The molecule has 17 heavy (non-hydrogen) atoms. The Morgan fingerprint density at radius 1 is 0.882 bits per heavy atom. The lowest BCUT2D eigenvalue weighted by molar-refractivity contribution is 0.342. The second kappa shape index (κ2) is 4.48. The van der Waals surface area contributed by atoms with E-state index in [1.54, 1.807) is 22.3 Å². The third kappa shape index (κ3) is 2.14. The van der Waals surface area contributed by atoms with Crippen LogP contribution >= 0.6 is 0 Å². The van der Waals surface area contributed by atoms with Crippen LogP contribution in [0.4, 0.5) is 0 Å². The van der Waals surface area contributed by atoms with Crippen LogP contribution < -0.4 is 0 Å². The van der Waals surface area contributed by atoms with Gasteiger partial charge in [-0.05, 0) is 79.0 Å². The van der Waals surface area contributed by atoms with Crippen molar-refractivity contribution in [3.8, 4) is 0 Å². The smallest absolute Gasteiger partial charge is 0.0245 e. The van der Waals surface area contributed by atoms with Crippen molar-refractivity contribution in [3.63, 3.8) is 0 Å². The molecule has 2 aliphatic rings. The molecule has 92 valence electrons. The SMILES string of the molecule is CC(C)C1CCc2cc3c(cc2C1)CCCC3. The molecule has 0 heteroatoms. The van der Waals surface area contributed by atoms with E-state index >= 15 is 0 Å². The zero-order chi connectivity index (χ0) is 11.8. The predicted molar refractivity (Wildman–Crippen MR) is 73.4 cm³/mol. The van der Waals surface area contributed by atoms with Crippen LogP contribution in [0.15, 0.2) is 12.1 Å². The van der Waals surface area contributed by atoms with Gasteiger partial charge >= 0.3 is 0 Å². The van der Waals surface area contributed by atoms with Crippen molar-refractivity contribution < 1.29 is 0 Å². The maximum atomic E-state index is 2.55. The normalized spacial score (nSPS) is 23.4. The summed E-state index contributed by atoms with van der Waals surface area (Å²) >= 11 is 0. The van der Waals surface area contributed by atoms with E-state index < -0.39 is 0 Å². The Morgan fingerprint density at radius 3 is 2.12 bits per heavy atom. The van der Waals surface area contributed by atoms with Gasteiger partial charge in [0.2, 0.25) is 0 Å². The Balaban J connectivity index is 1.92. The highest BCUT2D eigenvalue weighted by Crippen LogP contribution is 2.33. The number of rotatable bonds is 1. The summed E-state index contributed by atoms with van der Waals surface area (Å²) in [5, 5.41) is 0. The standard InChI is InChI=1S/C17H24/c1-12(2)13-7-8-16-10-14-5-3-4-6-15(14)11-17(16)9-13/h10-13H,3-9H2,1-2H3. The lowest BCUT2D eigenvalue weighted by Gasteiger charge is -2.29. The Bertz CT molecular complexity index is 414. The lowest BCUT2D eigenvalue weighted by atomic mass is 9.76. The first kappa shape index (κ1) is 11.3. The largest absolute Gasteiger partial charge is 0.0625 e. The molecule has 1 unspecified atom stereocenters. The van der Waals surface area contributed by atoms with Crippen molar-refractivity contribution in [2.75, 3.05) is 0 Å². The average Bonchev–Trinajstić information content (AvgIpc) is 2.35. The van der Waals surface area contributed by atoms with Crippen LogP contribution in [0, 0.1) is 11.8 Å². The first-order valence-electron chi connectivity index (χ1n) is 7.37. The molecular weight excluding hydrogens is 204 g/mol. The molecule has 2 aliphatic carbocycles. The van der Waals surface area contributed by atoms with Crippen LogP contribution in [0.2, 0.25) is 0 Å². The number of aryl methyl sites for hydroxylation is 3. The summed E-state index contributed by atoms with van der Waals surface area (Å²) < 4.78 is 0. The van der Waals surface area contributed by atoms with E-state index in [4.69, 9.17) is 0 Å². The Hall–Kier alpha value is -0.780. The molecule has 0 heterocycles. The van der Waals surface area contributed by atoms with Crippen LogP contribution in [0.5, 0.6) is 0 Å². The van der Waals surface area contributed by atoms with Gasteiger partial charge in [-0.25, -0.2) is 0 Å². The molecule has 0 saturated heterocycles. The molecule has 0 saturated carbocycles. The monoisotopic (exact) mass is 228 g/mol. The van der Waals surface area contributed by atoms with E-state index in [9.17, 15) is 0 Å². The van der Waals surface area contributed by atoms with Crippen molar-refractivity contribution in [3.05, 3.63) is 34.4 Å². The molecule has 0 aliphatic heterocycles. The summed E-state index contributed by atoms with van der Waals surface area (Å²) in [6.07, 6.45) is 9.53. The van der Waals surface area contributed by atoms with Crippen LogP contribution in [0.3, 0.4) is 0 Å². The van der Waals surface area contributed by atoms with Crippen LogP contribution in [-0.2, 0) is 25.7 Å². The molecule has 0 bridgehead atoms. The summed E-state index contributed by atoms with van der Waals surface area (Å²) in [6.45, 7) is 4.77. The third-order valence-corrected chi connectivity index (χ3v) is 4.87. The van der Waals surface area contributed by atoms with Gasteiger partial charge in [0, 0.05) is 0 Å². The highest BCUT2D eigenvalue weighted by molar-refractivity contribution is 5.41. The summed E-state index contributed by atoms with van der Waals surface area (Å²) in [6, 6.07) is 5.10. The lowest BCUT2D eigenvalue weighted by Crippen LogP contribution is -2.20. The highest BCUT2D eigenvalue weighted by Gasteiger charge is 2.23. The summed E-state index contributed by atoms with van der Waals surface area (Å²) in [7, 11) is 0. The fourth-order valence-corrected chi connectivity index (χ4v) is 3.60. The molecule has 0 aromatic heterocycles. The first-order valence-corrected chi connectivity index (χ1v) is 7.37. The second-order valence-corrected chi connectivity index (χ2v) is 6.34. The molecule has 0 radical (unpaired) electrons. The molecule has 1 atom stereocenters. The maximum Gasteiger partial charge on any atom is -0.0245 e. The second-order valence-electron chi connectivity index (χ2n) is 6.34. The van der Waals surface area contributed by atoms with E-state index in [1.807, 2.05) is 0 Å². The third-order valence-electron chi connectivity index (χ3n) is 4.87. The van der Waals surface area contributed by atoms with E-state index in [1.165, 1.54) is 44.9 Å². The Labute approximate surface area is 105 Å². The van der Waals surface area contributed by atoms with Gasteiger partial charge in [0.05, 0.1) is 0 Å². The maximum absolute atomic E-state index is 2.55. The summed E-state index contributed by atoms with van der Waals surface area (Å²) in [5.74, 6) is 1.77. The first-order chi connectivity index (χ1) is 8.24. The molecule has 1 aromatic carbocycles. The van der Waals surface area contributed by atoms with Crippen LogP contribution in [-0.4, -0.2) is 0 Å². The fraction of sp³-hybridized carbons (Fsp3) is 0.647. The fourth-order valence-electron chi connectivity index (χ4n) is 3.60. The molecule has 0 amide bonds. The summed E-state index contributed by atoms with van der Waals surface area (Å²) in [4.78, 5) is 0. The molecular formula is C17H24. The average molecular weight is 228 g/mol. The van der Waals surface area contributed by atoms with Crippen molar-refractivity contribution in [1.82, 2.24) is 0 Å². The Kier molecular flexibility index (Phi) is 2.98. The minimum absolute atomic E-state index is 0.846. The van der Waals surface area contributed by atoms with Crippen molar-refractivity contribution in [2.45, 2.75) is 58.8 Å². The van der Waals surface area contributed by atoms with Gasteiger partial charge in [-0.3, -0.25) is 0 Å². The zero-order valence-corrected chi connectivity index (χ0v) is 11.3. The number of fused-ring (bicyclic) bond motifs is 2. The molecule has 0 fully saturated rings. The quantitative estimate of drug-likeness (QED) is 0.671. The van der Waals surface area contributed by atoms with Gasteiger partial charge < -0.3 is 0 Å². The van der Waals surface area contributed by atoms with Gasteiger partial charge in [-0.2, -0.15) is 0 Å². The van der Waals surface area contributed by atoms with Crippen molar-refractivity contribution in [1.29, 1.82) is 0 Å². The molecule has 0 nitrogen and oxygen atoms in total. The van der Waals surface area contributed by atoms with Gasteiger partial charge in [0.1, 0.15) is 0 Å². The van der Waals surface area contributed by atoms with Gasteiger partial charge in [-0.1, -0.05) is 26.0 Å². The summed E-state index contributed by atoms with van der Waals surface area (Å²) in [5.41, 5.74) is 6.68. The molecule has 0 N–H and O–H groups in total. The van der Waals surface area contributed by atoms with Crippen LogP contribution in [0.25, 0.3) is 0 Å². The minimum Gasteiger partial charge on any atom is -0.0625 e. The van der Waals surface area contributed by atoms with E-state index in [-0.39, 0.29) is 0 Å². The Morgan fingerprint density at radius 2 is 1.47 bits per heavy atom. The molecule has 1 aromatic rings. The van der Waals surface area contributed by atoms with Gasteiger partial charge in [-0.15, -0.1) is 0 Å². The van der Waals surface area contributed by atoms with Crippen LogP contribution in [0.1, 0.15) is 55.4 Å². The minimum atomic E-state index is 0.846. The van der Waals surface area contributed by atoms with Crippen molar-refractivity contribution in [2.24, 2.45) is 11.8 Å². The van der Waals surface area contributed by atoms with E-state index in [0.717, 1.165) is 11.8 Å². The predicted octanol–water partition coefficient (Wildman–Crippen LogP) is 4.33. The number of benzene rings is 1. The topological polar surface area (TPSA) is 0 Å². The zero-order valence-electron chi connectivity index (χ0n) is 11.3. The number of hydrogen-bond acceptors (Lipinski definition) is 0. The van der Waals surface area contributed by atoms with Gasteiger partial charge in [0.25, 0.3) is 0 Å². The molecule has 3 rings (SSSR count). The highest BCUT2D eigenvalue weighted by atomic mass is 14.3. The molecule has 0 spiro atoms. The van der Waals surface area contributed by atoms with E-state index in [0.29, 0.717) is 0 Å². The van der Waals surface area contributed by atoms with E-state index in [2.05, 4.69) is 26.0 Å². The van der Waals surface area contributed by atoms with Crippen molar-refractivity contribution >= 4 is 0 Å². The number of hydrogen-bond donors (Lipinski definition) is 0. The van der Waals surface area contributed by atoms with Gasteiger partial charge in [0.15, 0.2) is 0 Å².